The Balaban J connectivity index is 2.99. The first kappa shape index (κ1) is 7.43. The van der Waals surface area contributed by atoms with Crippen LogP contribution < -0.4 is 0 Å². The lowest BCUT2D eigenvalue weighted by Crippen LogP contribution is -2.03. The normalized spacial score (nSPS) is 10.2. The Bertz CT molecular complexity index is 264. The molecular weight excluding hydrogens is 150 g/mol. The monoisotopic (exact) mass is 159 g/mol. The van der Waals surface area contributed by atoms with E-state index in [9.17, 15) is 0 Å². The minimum Gasteiger partial charge on any atom is -0.395 e. The van der Waals surface area contributed by atoms with Gasteiger partial charge in [0.1, 0.15) is 5.82 Å². The first-order chi connectivity index (χ1) is 4.75. The van der Waals surface area contributed by atoms with Gasteiger partial charge < -0.3 is 9.67 Å². The third-order valence-corrected chi connectivity index (χ3v) is 1.58. The van der Waals surface area contributed by atoms with E-state index in [0.29, 0.717) is 11.3 Å². The van der Waals surface area contributed by atoms with Crippen LogP contribution >= 0.6 is 12.2 Å². The highest BCUT2D eigenvalue weighted by Crippen LogP contribution is 1.93. The van der Waals surface area contributed by atoms with Crippen LogP contribution in [0.2, 0.25) is 0 Å². The highest BCUT2D eigenvalue weighted by Gasteiger charge is 1.97. The van der Waals surface area contributed by atoms with Crippen molar-refractivity contribution in [2.75, 3.05) is 6.61 Å². The van der Waals surface area contributed by atoms with Crippen LogP contribution in [-0.2, 0) is 6.54 Å². The van der Waals surface area contributed by atoms with E-state index in [4.69, 9.17) is 17.3 Å². The van der Waals surface area contributed by atoms with Crippen LogP contribution in [0, 0.1) is 11.7 Å². The molecule has 2 N–H and O–H groups in total. The molecule has 0 aromatic carbocycles. The summed E-state index contributed by atoms with van der Waals surface area (Å²) in [6.45, 7) is 2.44. The Kier molecular flexibility index (Phi) is 2.18. The average Bonchev–Trinajstić information content (AvgIpc) is 2.20. The summed E-state index contributed by atoms with van der Waals surface area (Å²) >= 11 is 4.87. The van der Waals surface area contributed by atoms with Gasteiger partial charge >= 0.3 is 0 Å². The van der Waals surface area contributed by atoms with Crippen LogP contribution in [0.1, 0.15) is 5.82 Å². The molecule has 4 nitrogen and oxygen atoms in total. The largest absolute Gasteiger partial charge is 0.395 e. The van der Waals surface area contributed by atoms with Gasteiger partial charge in [-0.05, 0) is 19.1 Å². The van der Waals surface area contributed by atoms with Gasteiger partial charge in [0.15, 0.2) is 4.77 Å². The lowest BCUT2D eigenvalue weighted by Gasteiger charge is -1.97. The van der Waals surface area contributed by atoms with Gasteiger partial charge in [0, 0.05) is 6.54 Å². The molecule has 0 fully saturated rings. The third kappa shape index (κ3) is 1.25. The predicted molar refractivity (Wildman–Crippen MR) is 39.2 cm³/mol. The molecule has 1 aromatic rings. The summed E-state index contributed by atoms with van der Waals surface area (Å²) in [5.41, 5.74) is 0. The number of H-pyrrole nitrogens is 1. The minimum atomic E-state index is 0.0919. The summed E-state index contributed by atoms with van der Waals surface area (Å²) in [7, 11) is 0. The quantitative estimate of drug-likeness (QED) is 0.608. The SMILES string of the molecule is Cc1n[nH]c(=S)n1CCO. The molecule has 5 heteroatoms. The molecule has 0 amide bonds. The molecule has 56 valence electrons. The summed E-state index contributed by atoms with van der Waals surface area (Å²) in [6.07, 6.45) is 0. The number of hydrogen-bond acceptors (Lipinski definition) is 3. The molecule has 10 heavy (non-hydrogen) atoms. The van der Waals surface area contributed by atoms with Crippen LogP contribution in [0.25, 0.3) is 0 Å². The number of aliphatic hydroxyl groups is 1. The molecule has 1 rings (SSSR count). The fourth-order valence-corrected chi connectivity index (χ4v) is 1.03. The van der Waals surface area contributed by atoms with Gasteiger partial charge in [-0.1, -0.05) is 0 Å². The number of hydrogen-bond donors (Lipinski definition) is 2. The fourth-order valence-electron chi connectivity index (χ4n) is 0.760. The van der Waals surface area contributed by atoms with E-state index in [-0.39, 0.29) is 6.61 Å². The van der Waals surface area contributed by atoms with Gasteiger partial charge in [0.25, 0.3) is 0 Å². The van der Waals surface area contributed by atoms with Crippen LogP contribution in [0.5, 0.6) is 0 Å². The molecule has 1 aromatic heterocycles. The van der Waals surface area contributed by atoms with Crippen LogP contribution in [0.15, 0.2) is 0 Å². The molecule has 0 aliphatic heterocycles. The van der Waals surface area contributed by atoms with Crippen molar-refractivity contribution in [3.05, 3.63) is 10.6 Å². The fraction of sp³-hybridized carbons (Fsp3) is 0.600. The van der Waals surface area contributed by atoms with Crippen molar-refractivity contribution in [1.82, 2.24) is 14.8 Å². The molecule has 1 heterocycles. The summed E-state index contributed by atoms with van der Waals surface area (Å²) in [6, 6.07) is 0. The van der Waals surface area contributed by atoms with Gasteiger partial charge in [-0.2, -0.15) is 5.10 Å². The number of aromatic amines is 1. The molecule has 0 atom stereocenters. The van der Waals surface area contributed by atoms with Crippen molar-refractivity contribution in [2.45, 2.75) is 13.5 Å². The van der Waals surface area contributed by atoms with Gasteiger partial charge in [-0.15, -0.1) is 0 Å². The van der Waals surface area contributed by atoms with Gasteiger partial charge in [0.05, 0.1) is 6.61 Å². The Hall–Kier alpha value is -0.680. The van der Waals surface area contributed by atoms with Crippen molar-refractivity contribution in [3.63, 3.8) is 0 Å². The molecule has 0 unspecified atom stereocenters. The Labute approximate surface area is 63.5 Å². The van der Waals surface area contributed by atoms with Crippen molar-refractivity contribution >= 4 is 12.2 Å². The molecule has 0 aliphatic carbocycles. The van der Waals surface area contributed by atoms with Crippen molar-refractivity contribution in [1.29, 1.82) is 0 Å². The molecule has 0 bridgehead atoms. The number of nitrogens with zero attached hydrogens (tertiary/aromatic N) is 2. The Morgan fingerprint density at radius 1 is 1.80 bits per heavy atom. The standard InChI is InChI=1S/C5H9N3OS/c1-4-6-7-5(10)8(4)2-3-9/h9H,2-3H2,1H3,(H,7,10). The van der Waals surface area contributed by atoms with E-state index in [1.54, 1.807) is 4.57 Å². The van der Waals surface area contributed by atoms with E-state index in [2.05, 4.69) is 10.2 Å². The van der Waals surface area contributed by atoms with E-state index in [0.717, 1.165) is 5.82 Å². The van der Waals surface area contributed by atoms with Crippen LogP contribution in [0.4, 0.5) is 0 Å². The zero-order valence-corrected chi connectivity index (χ0v) is 6.48. The van der Waals surface area contributed by atoms with Crippen LogP contribution in [-0.4, -0.2) is 26.5 Å². The average molecular weight is 159 g/mol. The molecule has 0 saturated heterocycles. The lowest BCUT2D eigenvalue weighted by atomic mass is 10.6. The maximum atomic E-state index is 8.58. The summed E-state index contributed by atoms with van der Waals surface area (Å²) in [4.78, 5) is 0. The Morgan fingerprint density at radius 2 is 2.50 bits per heavy atom. The molecule has 0 saturated carbocycles. The first-order valence-corrected chi connectivity index (χ1v) is 3.39. The van der Waals surface area contributed by atoms with Crippen molar-refractivity contribution in [2.24, 2.45) is 0 Å². The minimum absolute atomic E-state index is 0.0919. The van der Waals surface area contributed by atoms with Gasteiger partial charge in [-0.3, -0.25) is 5.10 Å². The molecular formula is C5H9N3OS. The number of aliphatic hydroxyl groups excluding tert-OH is 1. The summed E-state index contributed by atoms with van der Waals surface area (Å²) in [5.74, 6) is 0.805. The molecule has 0 radical (unpaired) electrons. The number of rotatable bonds is 2. The zero-order valence-electron chi connectivity index (χ0n) is 5.66. The second-order valence-electron chi connectivity index (χ2n) is 1.95. The highest BCUT2D eigenvalue weighted by atomic mass is 32.1. The zero-order chi connectivity index (χ0) is 7.56. The summed E-state index contributed by atoms with van der Waals surface area (Å²) < 4.78 is 2.31. The van der Waals surface area contributed by atoms with Gasteiger partial charge in [0.2, 0.25) is 0 Å². The second kappa shape index (κ2) is 2.94. The number of aromatic nitrogens is 3. The lowest BCUT2D eigenvalue weighted by molar-refractivity contribution is 0.274. The Morgan fingerprint density at radius 3 is 2.90 bits per heavy atom. The predicted octanol–water partition coefficient (Wildman–Crippen LogP) is 0.241. The molecule has 0 spiro atoms. The molecule has 0 aliphatic rings. The van der Waals surface area contributed by atoms with E-state index >= 15 is 0 Å². The van der Waals surface area contributed by atoms with Crippen LogP contribution in [0.3, 0.4) is 0 Å². The maximum absolute atomic E-state index is 8.58. The first-order valence-electron chi connectivity index (χ1n) is 2.98. The van der Waals surface area contributed by atoms with E-state index in [1.165, 1.54) is 0 Å². The van der Waals surface area contributed by atoms with E-state index in [1.807, 2.05) is 6.92 Å². The number of nitrogens with one attached hydrogen (secondary N) is 1. The van der Waals surface area contributed by atoms with Crippen molar-refractivity contribution in [3.8, 4) is 0 Å². The third-order valence-electron chi connectivity index (χ3n) is 1.27. The van der Waals surface area contributed by atoms with E-state index < -0.39 is 0 Å². The smallest absolute Gasteiger partial charge is 0.195 e. The summed E-state index contributed by atoms with van der Waals surface area (Å²) in [5, 5.41) is 15.1. The number of aryl methyl sites for hydroxylation is 1. The topological polar surface area (TPSA) is 53.8 Å². The second-order valence-corrected chi connectivity index (χ2v) is 2.34. The van der Waals surface area contributed by atoms with Gasteiger partial charge in [-0.25, -0.2) is 0 Å². The van der Waals surface area contributed by atoms with Crippen molar-refractivity contribution < 1.29 is 5.11 Å². The maximum Gasteiger partial charge on any atom is 0.195 e. The highest BCUT2D eigenvalue weighted by molar-refractivity contribution is 7.71.